The minimum atomic E-state index is 0.614. The summed E-state index contributed by atoms with van der Waals surface area (Å²) in [5.41, 5.74) is 4.44. The Hall–Kier alpha value is -1.11. The monoisotopic (exact) mass is 244 g/mol. The number of hydrogen-bond acceptors (Lipinski definition) is 1. The van der Waals surface area contributed by atoms with E-state index in [0.717, 1.165) is 12.7 Å². The standard InChI is InChI=1S/C17H24O/c1-12-6-8-15-14(3)7-9-16(17(15)11-12)13(2)5-4-10-18/h6,8,10-11,13-14,16H,4-5,7,9H2,1-3H3/t13-,14-,16+/m0/s1. The molecule has 0 bridgehead atoms. The normalized spacial score (nSPS) is 24.4. The average Bonchev–Trinajstić information content (AvgIpc) is 2.36. The van der Waals surface area contributed by atoms with Crippen LogP contribution >= 0.6 is 0 Å². The van der Waals surface area contributed by atoms with Crippen molar-refractivity contribution in [1.82, 2.24) is 0 Å². The first-order valence-corrected chi connectivity index (χ1v) is 7.17. The zero-order valence-electron chi connectivity index (χ0n) is 11.8. The Morgan fingerprint density at radius 3 is 2.83 bits per heavy atom. The van der Waals surface area contributed by atoms with E-state index < -0.39 is 0 Å². The third-order valence-electron chi connectivity index (χ3n) is 4.51. The number of benzene rings is 1. The van der Waals surface area contributed by atoms with E-state index >= 15 is 0 Å². The maximum atomic E-state index is 10.5. The molecular weight excluding hydrogens is 220 g/mol. The highest BCUT2D eigenvalue weighted by Crippen LogP contribution is 2.43. The van der Waals surface area contributed by atoms with E-state index in [4.69, 9.17) is 0 Å². The molecule has 0 saturated heterocycles. The van der Waals surface area contributed by atoms with Crippen molar-refractivity contribution >= 4 is 6.29 Å². The van der Waals surface area contributed by atoms with Gasteiger partial charge in [-0.25, -0.2) is 0 Å². The molecule has 1 aliphatic carbocycles. The molecule has 1 heteroatoms. The second kappa shape index (κ2) is 5.69. The number of fused-ring (bicyclic) bond motifs is 1. The maximum absolute atomic E-state index is 10.5. The van der Waals surface area contributed by atoms with Crippen molar-refractivity contribution < 1.29 is 4.79 Å². The smallest absolute Gasteiger partial charge is 0.120 e. The Bertz CT molecular complexity index is 422. The van der Waals surface area contributed by atoms with Gasteiger partial charge in [-0.3, -0.25) is 0 Å². The number of carbonyl (C=O) groups excluding carboxylic acids is 1. The molecule has 1 nitrogen and oxygen atoms in total. The van der Waals surface area contributed by atoms with Gasteiger partial charge in [0.05, 0.1) is 0 Å². The lowest BCUT2D eigenvalue weighted by molar-refractivity contribution is -0.108. The van der Waals surface area contributed by atoms with Crippen molar-refractivity contribution in [3.8, 4) is 0 Å². The molecule has 3 atom stereocenters. The molecule has 98 valence electrons. The lowest BCUT2D eigenvalue weighted by Crippen LogP contribution is -2.19. The largest absolute Gasteiger partial charge is 0.303 e. The minimum Gasteiger partial charge on any atom is -0.303 e. The molecule has 0 N–H and O–H groups in total. The number of aldehydes is 1. The van der Waals surface area contributed by atoms with Crippen LogP contribution in [0.4, 0.5) is 0 Å². The molecular formula is C17H24O. The second-order valence-corrected chi connectivity index (χ2v) is 5.94. The fourth-order valence-corrected chi connectivity index (χ4v) is 3.33. The number of hydrogen-bond donors (Lipinski definition) is 0. The van der Waals surface area contributed by atoms with Gasteiger partial charge in [0.2, 0.25) is 0 Å². The summed E-state index contributed by atoms with van der Waals surface area (Å²) in [5, 5.41) is 0. The zero-order chi connectivity index (χ0) is 13.1. The van der Waals surface area contributed by atoms with Crippen LogP contribution in [-0.2, 0) is 4.79 Å². The Kier molecular flexibility index (Phi) is 4.21. The summed E-state index contributed by atoms with van der Waals surface area (Å²) in [4.78, 5) is 10.5. The summed E-state index contributed by atoms with van der Waals surface area (Å²) in [6.45, 7) is 6.81. The number of aryl methyl sites for hydroxylation is 1. The van der Waals surface area contributed by atoms with E-state index in [1.807, 2.05) is 0 Å². The van der Waals surface area contributed by atoms with Crippen LogP contribution in [0.1, 0.15) is 68.1 Å². The predicted octanol–water partition coefficient (Wildman–Crippen LogP) is 4.59. The molecule has 1 aromatic rings. The van der Waals surface area contributed by atoms with E-state index in [1.54, 1.807) is 5.56 Å². The third-order valence-corrected chi connectivity index (χ3v) is 4.51. The molecule has 0 heterocycles. The van der Waals surface area contributed by atoms with Crippen LogP contribution < -0.4 is 0 Å². The van der Waals surface area contributed by atoms with Gasteiger partial charge < -0.3 is 4.79 Å². The van der Waals surface area contributed by atoms with Crippen molar-refractivity contribution in [3.63, 3.8) is 0 Å². The minimum absolute atomic E-state index is 0.614. The first-order valence-electron chi connectivity index (χ1n) is 7.17. The highest BCUT2D eigenvalue weighted by molar-refractivity contribution is 5.49. The lowest BCUT2D eigenvalue weighted by atomic mass is 9.71. The SMILES string of the molecule is Cc1ccc2c(c1)[C@@H]([C@@H](C)CCC=O)CC[C@@H]2C. The van der Waals surface area contributed by atoms with Crippen molar-refractivity contribution in [2.45, 2.75) is 58.3 Å². The van der Waals surface area contributed by atoms with Crippen molar-refractivity contribution in [2.24, 2.45) is 5.92 Å². The first-order chi connectivity index (χ1) is 8.63. The molecule has 0 aromatic heterocycles. The number of rotatable bonds is 4. The summed E-state index contributed by atoms with van der Waals surface area (Å²) in [6.07, 6.45) is 5.34. The molecule has 1 aliphatic rings. The topological polar surface area (TPSA) is 17.1 Å². The van der Waals surface area contributed by atoms with Gasteiger partial charge in [-0.05, 0) is 55.1 Å². The van der Waals surface area contributed by atoms with Crippen LogP contribution in [0.2, 0.25) is 0 Å². The maximum Gasteiger partial charge on any atom is 0.120 e. The van der Waals surface area contributed by atoms with E-state index in [-0.39, 0.29) is 0 Å². The van der Waals surface area contributed by atoms with Crippen LogP contribution in [0.15, 0.2) is 18.2 Å². The van der Waals surface area contributed by atoms with Gasteiger partial charge in [0.1, 0.15) is 6.29 Å². The van der Waals surface area contributed by atoms with Crippen LogP contribution in [0.25, 0.3) is 0 Å². The summed E-state index contributed by atoms with van der Waals surface area (Å²) in [7, 11) is 0. The quantitative estimate of drug-likeness (QED) is 0.708. The molecule has 0 unspecified atom stereocenters. The van der Waals surface area contributed by atoms with E-state index in [1.165, 1.54) is 24.0 Å². The molecule has 2 rings (SSSR count). The summed E-state index contributed by atoms with van der Waals surface area (Å²) in [5.74, 6) is 1.95. The molecule has 0 spiro atoms. The highest BCUT2D eigenvalue weighted by atomic mass is 16.1. The molecule has 0 amide bonds. The molecule has 0 fully saturated rings. The van der Waals surface area contributed by atoms with Gasteiger partial charge in [0.25, 0.3) is 0 Å². The predicted molar refractivity (Wildman–Crippen MR) is 76.0 cm³/mol. The fourth-order valence-electron chi connectivity index (χ4n) is 3.33. The fraction of sp³-hybridized carbons (Fsp3) is 0.588. The first kappa shape index (κ1) is 13.3. The average molecular weight is 244 g/mol. The van der Waals surface area contributed by atoms with Gasteiger partial charge in [0.15, 0.2) is 0 Å². The van der Waals surface area contributed by atoms with Crippen molar-refractivity contribution in [1.29, 1.82) is 0 Å². The molecule has 0 radical (unpaired) electrons. The highest BCUT2D eigenvalue weighted by Gasteiger charge is 2.28. The van der Waals surface area contributed by atoms with Gasteiger partial charge >= 0.3 is 0 Å². The van der Waals surface area contributed by atoms with Crippen LogP contribution in [-0.4, -0.2) is 6.29 Å². The summed E-state index contributed by atoms with van der Waals surface area (Å²) in [6, 6.07) is 6.91. The van der Waals surface area contributed by atoms with Crippen molar-refractivity contribution in [3.05, 3.63) is 34.9 Å². The van der Waals surface area contributed by atoms with E-state index in [9.17, 15) is 4.79 Å². The van der Waals surface area contributed by atoms with Crippen LogP contribution in [0.5, 0.6) is 0 Å². The Morgan fingerprint density at radius 1 is 1.33 bits per heavy atom. The van der Waals surface area contributed by atoms with Gasteiger partial charge in [-0.15, -0.1) is 0 Å². The molecule has 0 saturated carbocycles. The van der Waals surface area contributed by atoms with E-state index in [0.29, 0.717) is 24.2 Å². The van der Waals surface area contributed by atoms with Gasteiger partial charge in [-0.1, -0.05) is 37.6 Å². The second-order valence-electron chi connectivity index (χ2n) is 5.94. The molecule has 18 heavy (non-hydrogen) atoms. The third kappa shape index (κ3) is 2.66. The lowest BCUT2D eigenvalue weighted by Gasteiger charge is -2.34. The van der Waals surface area contributed by atoms with Crippen molar-refractivity contribution in [2.75, 3.05) is 0 Å². The summed E-state index contributed by atoms with van der Waals surface area (Å²) >= 11 is 0. The molecule has 1 aromatic carbocycles. The Labute approximate surface area is 111 Å². The van der Waals surface area contributed by atoms with Gasteiger partial charge in [-0.2, -0.15) is 0 Å². The Morgan fingerprint density at radius 2 is 2.11 bits per heavy atom. The summed E-state index contributed by atoms with van der Waals surface area (Å²) < 4.78 is 0. The van der Waals surface area contributed by atoms with Gasteiger partial charge in [0, 0.05) is 6.42 Å². The van der Waals surface area contributed by atoms with E-state index in [2.05, 4.69) is 39.0 Å². The zero-order valence-corrected chi connectivity index (χ0v) is 11.8. The molecule has 0 aliphatic heterocycles. The van der Waals surface area contributed by atoms with Crippen LogP contribution in [0.3, 0.4) is 0 Å². The van der Waals surface area contributed by atoms with Crippen LogP contribution in [0, 0.1) is 12.8 Å². The number of carbonyl (C=O) groups is 1. The Balaban J connectivity index is 2.27.